The number of pyridine rings is 1. The number of nitrogens with two attached hydrogens (primary N) is 1. The second-order valence-electron chi connectivity index (χ2n) is 2.77. The molecule has 0 fully saturated rings. The topological polar surface area (TPSA) is 38.9 Å². The molecule has 0 aliphatic heterocycles. The van der Waals surface area contributed by atoms with Crippen LogP contribution in [0.5, 0.6) is 0 Å². The Hall–Kier alpha value is -1.48. The quantitative estimate of drug-likeness (QED) is 0.694. The van der Waals surface area contributed by atoms with Gasteiger partial charge in [0, 0.05) is 23.3 Å². The Bertz CT molecular complexity index is 460. The molecule has 64 valence electrons. The van der Waals surface area contributed by atoms with Crippen molar-refractivity contribution >= 4 is 28.0 Å². The summed E-state index contributed by atoms with van der Waals surface area (Å²) < 4.78 is 0. The lowest BCUT2D eigenvalue weighted by Gasteiger charge is -2.02. The van der Waals surface area contributed by atoms with Crippen LogP contribution in [0.25, 0.3) is 10.8 Å². The van der Waals surface area contributed by atoms with Crippen molar-refractivity contribution in [3.05, 3.63) is 42.2 Å². The summed E-state index contributed by atoms with van der Waals surface area (Å²) >= 11 is 4.94. The molecule has 0 radical (unpaired) electrons. The summed E-state index contributed by atoms with van der Waals surface area (Å²) in [6, 6.07) is 7.80. The van der Waals surface area contributed by atoms with Gasteiger partial charge < -0.3 is 5.73 Å². The van der Waals surface area contributed by atoms with Crippen molar-refractivity contribution in [3.63, 3.8) is 0 Å². The van der Waals surface area contributed by atoms with Gasteiger partial charge in [0.15, 0.2) is 0 Å². The first-order valence-corrected chi connectivity index (χ1v) is 4.32. The number of fused-ring (bicyclic) bond motifs is 1. The number of hydrogen-bond donors (Lipinski definition) is 1. The van der Waals surface area contributed by atoms with Crippen LogP contribution in [0.1, 0.15) is 5.56 Å². The molecule has 0 bridgehead atoms. The minimum atomic E-state index is 0.415. The second-order valence-corrected chi connectivity index (χ2v) is 3.21. The van der Waals surface area contributed by atoms with Gasteiger partial charge in [-0.3, -0.25) is 4.98 Å². The number of benzene rings is 1. The third-order valence-electron chi connectivity index (χ3n) is 1.95. The van der Waals surface area contributed by atoms with Crippen molar-refractivity contribution in [2.24, 2.45) is 5.73 Å². The van der Waals surface area contributed by atoms with E-state index >= 15 is 0 Å². The van der Waals surface area contributed by atoms with E-state index < -0.39 is 0 Å². The lowest BCUT2D eigenvalue weighted by Crippen LogP contribution is -2.09. The van der Waals surface area contributed by atoms with Gasteiger partial charge >= 0.3 is 0 Å². The van der Waals surface area contributed by atoms with E-state index in [1.165, 1.54) is 0 Å². The van der Waals surface area contributed by atoms with Crippen molar-refractivity contribution in [3.8, 4) is 0 Å². The molecular weight excluding hydrogens is 180 g/mol. The van der Waals surface area contributed by atoms with Gasteiger partial charge in [-0.1, -0.05) is 30.4 Å². The molecule has 0 saturated carbocycles. The molecule has 13 heavy (non-hydrogen) atoms. The standard InChI is InChI=1S/C10H8N2S/c11-10(13)8-3-1-2-7-4-5-12-6-9(7)8/h1-6H,(H2,11,13). The summed E-state index contributed by atoms with van der Waals surface area (Å²) in [4.78, 5) is 4.46. The maximum atomic E-state index is 5.58. The van der Waals surface area contributed by atoms with E-state index in [2.05, 4.69) is 4.98 Å². The molecule has 0 aliphatic rings. The van der Waals surface area contributed by atoms with Crippen LogP contribution in [0.3, 0.4) is 0 Å². The van der Waals surface area contributed by atoms with Gasteiger partial charge in [-0.15, -0.1) is 0 Å². The Labute approximate surface area is 81.4 Å². The van der Waals surface area contributed by atoms with E-state index in [0.29, 0.717) is 4.99 Å². The van der Waals surface area contributed by atoms with Crippen molar-refractivity contribution in [1.82, 2.24) is 4.98 Å². The minimum absolute atomic E-state index is 0.415. The van der Waals surface area contributed by atoms with E-state index in [-0.39, 0.29) is 0 Å². The van der Waals surface area contributed by atoms with Crippen LogP contribution in [0.15, 0.2) is 36.7 Å². The number of rotatable bonds is 1. The van der Waals surface area contributed by atoms with Crippen LogP contribution in [0, 0.1) is 0 Å². The predicted molar refractivity (Wildman–Crippen MR) is 57.6 cm³/mol. The highest BCUT2D eigenvalue weighted by molar-refractivity contribution is 7.80. The third kappa shape index (κ3) is 1.38. The summed E-state index contributed by atoms with van der Waals surface area (Å²) in [5.41, 5.74) is 6.47. The molecule has 1 aromatic carbocycles. The molecule has 2 nitrogen and oxygen atoms in total. The SMILES string of the molecule is NC(=S)c1cccc2ccncc12. The van der Waals surface area contributed by atoms with Crippen molar-refractivity contribution < 1.29 is 0 Å². The van der Waals surface area contributed by atoms with Crippen molar-refractivity contribution in [2.45, 2.75) is 0 Å². The zero-order valence-corrected chi connectivity index (χ0v) is 7.71. The van der Waals surface area contributed by atoms with E-state index in [0.717, 1.165) is 16.3 Å². The highest BCUT2D eigenvalue weighted by Gasteiger charge is 2.01. The molecule has 0 spiro atoms. The maximum absolute atomic E-state index is 5.58. The van der Waals surface area contributed by atoms with E-state index in [4.69, 9.17) is 18.0 Å². The largest absolute Gasteiger partial charge is 0.389 e. The molecule has 0 unspecified atom stereocenters. The van der Waals surface area contributed by atoms with Gasteiger partial charge in [0.2, 0.25) is 0 Å². The molecular formula is C10H8N2S. The fourth-order valence-corrected chi connectivity index (χ4v) is 1.51. The van der Waals surface area contributed by atoms with E-state index in [9.17, 15) is 0 Å². The Morgan fingerprint density at radius 3 is 2.92 bits per heavy atom. The molecule has 3 heteroatoms. The van der Waals surface area contributed by atoms with Crippen LogP contribution in [-0.2, 0) is 0 Å². The average molecular weight is 188 g/mol. The highest BCUT2D eigenvalue weighted by Crippen LogP contribution is 2.16. The van der Waals surface area contributed by atoms with Gasteiger partial charge in [-0.05, 0) is 11.5 Å². The monoisotopic (exact) mass is 188 g/mol. The first-order chi connectivity index (χ1) is 6.29. The summed E-state index contributed by atoms with van der Waals surface area (Å²) in [6.07, 6.45) is 3.54. The van der Waals surface area contributed by atoms with Crippen LogP contribution in [0.2, 0.25) is 0 Å². The van der Waals surface area contributed by atoms with E-state index in [1.54, 1.807) is 12.4 Å². The Balaban J connectivity index is 2.83. The molecule has 1 aromatic heterocycles. The normalized spacial score (nSPS) is 10.2. The summed E-state index contributed by atoms with van der Waals surface area (Å²) in [5.74, 6) is 0. The van der Waals surface area contributed by atoms with Crippen LogP contribution in [-0.4, -0.2) is 9.97 Å². The van der Waals surface area contributed by atoms with Gasteiger partial charge in [0.1, 0.15) is 4.99 Å². The van der Waals surface area contributed by atoms with Gasteiger partial charge in [0.05, 0.1) is 0 Å². The van der Waals surface area contributed by atoms with Crippen LogP contribution >= 0.6 is 12.2 Å². The average Bonchev–Trinajstić information content (AvgIpc) is 2.17. The minimum Gasteiger partial charge on any atom is -0.389 e. The fraction of sp³-hybridized carbons (Fsp3) is 0. The first kappa shape index (κ1) is 8.13. The number of aromatic nitrogens is 1. The number of thiocarbonyl (C=S) groups is 1. The first-order valence-electron chi connectivity index (χ1n) is 3.91. The van der Waals surface area contributed by atoms with Crippen molar-refractivity contribution in [1.29, 1.82) is 0 Å². The lowest BCUT2D eigenvalue weighted by atomic mass is 10.1. The van der Waals surface area contributed by atoms with Crippen LogP contribution in [0.4, 0.5) is 0 Å². The van der Waals surface area contributed by atoms with E-state index in [1.807, 2.05) is 24.3 Å². The molecule has 2 rings (SSSR count). The molecule has 2 N–H and O–H groups in total. The Kier molecular flexibility index (Phi) is 1.94. The summed E-state index contributed by atoms with van der Waals surface area (Å²) in [5, 5.41) is 2.12. The van der Waals surface area contributed by atoms with Gasteiger partial charge in [-0.25, -0.2) is 0 Å². The Morgan fingerprint density at radius 1 is 1.31 bits per heavy atom. The van der Waals surface area contributed by atoms with Crippen LogP contribution < -0.4 is 5.73 Å². The maximum Gasteiger partial charge on any atom is 0.104 e. The Morgan fingerprint density at radius 2 is 2.15 bits per heavy atom. The highest BCUT2D eigenvalue weighted by atomic mass is 32.1. The predicted octanol–water partition coefficient (Wildman–Crippen LogP) is 1.87. The smallest absolute Gasteiger partial charge is 0.104 e. The molecule has 0 amide bonds. The number of nitrogens with zero attached hydrogens (tertiary/aromatic N) is 1. The summed E-state index contributed by atoms with van der Waals surface area (Å²) in [7, 11) is 0. The third-order valence-corrected chi connectivity index (χ3v) is 2.17. The lowest BCUT2D eigenvalue weighted by molar-refractivity contribution is 1.36. The fourth-order valence-electron chi connectivity index (χ4n) is 1.33. The number of hydrogen-bond acceptors (Lipinski definition) is 2. The molecule has 2 aromatic rings. The molecule has 1 heterocycles. The molecule has 0 saturated heterocycles. The zero-order valence-electron chi connectivity index (χ0n) is 6.90. The second kappa shape index (κ2) is 3.11. The molecule has 0 aliphatic carbocycles. The summed E-state index contributed by atoms with van der Waals surface area (Å²) in [6.45, 7) is 0. The molecule has 0 atom stereocenters. The zero-order chi connectivity index (χ0) is 9.26. The van der Waals surface area contributed by atoms with Gasteiger partial charge in [0.25, 0.3) is 0 Å². The van der Waals surface area contributed by atoms with Gasteiger partial charge in [-0.2, -0.15) is 0 Å². The van der Waals surface area contributed by atoms with Crippen molar-refractivity contribution in [2.75, 3.05) is 0 Å².